The average Bonchev–Trinajstić information content (AvgIpc) is 2.39. The van der Waals surface area contributed by atoms with Crippen LogP contribution in [0.2, 0.25) is 0 Å². The van der Waals surface area contributed by atoms with Crippen LogP contribution >= 0.6 is 24.8 Å². The third-order valence-electron chi connectivity index (χ3n) is 4.53. The molecule has 1 N–H and O–H groups in total. The van der Waals surface area contributed by atoms with Gasteiger partial charge in [0.05, 0.1) is 12.0 Å². The van der Waals surface area contributed by atoms with Gasteiger partial charge in [-0.2, -0.15) is 0 Å². The Bertz CT molecular complexity index is 320. The van der Waals surface area contributed by atoms with E-state index in [1.807, 2.05) is 0 Å². The fourth-order valence-electron chi connectivity index (χ4n) is 3.35. The van der Waals surface area contributed by atoms with Crippen molar-refractivity contribution in [3.63, 3.8) is 0 Å². The monoisotopic (exact) mass is 341 g/mol. The molecule has 1 unspecified atom stereocenters. The van der Waals surface area contributed by atoms with Crippen molar-refractivity contribution in [3.8, 4) is 0 Å². The van der Waals surface area contributed by atoms with Crippen molar-refractivity contribution in [1.29, 1.82) is 0 Å². The highest BCUT2D eigenvalue weighted by molar-refractivity contribution is 5.85. The smallest absolute Gasteiger partial charge is 0.231 e. The van der Waals surface area contributed by atoms with Crippen molar-refractivity contribution >= 4 is 30.7 Å². The van der Waals surface area contributed by atoms with Gasteiger partial charge in [0, 0.05) is 32.8 Å². The quantitative estimate of drug-likeness (QED) is 0.832. The molecule has 0 aromatic heterocycles. The van der Waals surface area contributed by atoms with E-state index in [4.69, 9.17) is 4.74 Å². The minimum Gasteiger partial charge on any atom is -0.384 e. The molecule has 1 amide bonds. The normalized spacial score (nSPS) is 25.7. The molecule has 7 heteroatoms. The highest BCUT2D eigenvalue weighted by Gasteiger charge is 2.44. The summed E-state index contributed by atoms with van der Waals surface area (Å²) >= 11 is 0. The molecule has 2 aliphatic rings. The maximum absolute atomic E-state index is 13.0. The van der Waals surface area contributed by atoms with E-state index >= 15 is 0 Å². The molecule has 21 heavy (non-hydrogen) atoms. The molecule has 0 aromatic carbocycles. The van der Waals surface area contributed by atoms with Gasteiger partial charge >= 0.3 is 0 Å². The lowest BCUT2D eigenvalue weighted by atomic mass is 9.78. The van der Waals surface area contributed by atoms with Gasteiger partial charge in [-0.05, 0) is 39.9 Å². The Morgan fingerprint density at radius 3 is 2.43 bits per heavy atom. The van der Waals surface area contributed by atoms with Crippen LogP contribution in [0.5, 0.6) is 0 Å². The number of rotatable bonds is 3. The number of piperidine rings is 1. The van der Waals surface area contributed by atoms with Gasteiger partial charge in [0.1, 0.15) is 0 Å². The lowest BCUT2D eigenvalue weighted by molar-refractivity contribution is -0.152. The minimum absolute atomic E-state index is 0. The van der Waals surface area contributed by atoms with Gasteiger partial charge in [0.25, 0.3) is 0 Å². The van der Waals surface area contributed by atoms with E-state index in [2.05, 4.69) is 29.1 Å². The minimum atomic E-state index is -0.301. The number of methoxy groups -OCH3 is 1. The highest BCUT2D eigenvalue weighted by Crippen LogP contribution is 2.32. The Morgan fingerprint density at radius 2 is 1.90 bits per heavy atom. The topological polar surface area (TPSA) is 44.8 Å². The van der Waals surface area contributed by atoms with Crippen molar-refractivity contribution in [2.24, 2.45) is 5.41 Å². The molecule has 0 saturated carbocycles. The summed E-state index contributed by atoms with van der Waals surface area (Å²) in [6.07, 6.45) is 1.78. The summed E-state index contributed by atoms with van der Waals surface area (Å²) in [6, 6.07) is 0.301. The molecule has 2 heterocycles. The Labute approximate surface area is 140 Å². The maximum Gasteiger partial charge on any atom is 0.231 e. The van der Waals surface area contributed by atoms with Crippen molar-refractivity contribution < 1.29 is 9.53 Å². The number of carbonyl (C=O) groups excluding carboxylic acids is 1. The number of piperazine rings is 1. The molecule has 2 saturated heterocycles. The fraction of sp³-hybridized carbons (Fsp3) is 0.929. The number of hydrogen-bond acceptors (Lipinski definition) is 4. The Kier molecular flexibility index (Phi) is 9.12. The predicted molar refractivity (Wildman–Crippen MR) is 89.6 cm³/mol. The summed E-state index contributed by atoms with van der Waals surface area (Å²) in [4.78, 5) is 17.3. The van der Waals surface area contributed by atoms with Crippen LogP contribution in [-0.4, -0.2) is 75.2 Å². The second-order valence-corrected chi connectivity index (χ2v) is 6.07. The van der Waals surface area contributed by atoms with Gasteiger partial charge in [-0.15, -0.1) is 24.8 Å². The Balaban J connectivity index is 0.00000200. The Morgan fingerprint density at radius 1 is 1.29 bits per heavy atom. The lowest BCUT2D eigenvalue weighted by Gasteiger charge is -2.45. The van der Waals surface area contributed by atoms with Gasteiger partial charge in [-0.1, -0.05) is 0 Å². The molecule has 0 radical (unpaired) electrons. The van der Waals surface area contributed by atoms with Crippen molar-refractivity contribution in [2.75, 3.05) is 53.5 Å². The first kappa shape index (κ1) is 20.9. The second-order valence-electron chi connectivity index (χ2n) is 6.07. The molecule has 0 bridgehead atoms. The first-order valence-electron chi connectivity index (χ1n) is 7.28. The largest absolute Gasteiger partial charge is 0.384 e. The lowest BCUT2D eigenvalue weighted by Crippen LogP contribution is -2.59. The van der Waals surface area contributed by atoms with Crippen LogP contribution in [0, 0.1) is 5.41 Å². The number of hydrogen-bond donors (Lipinski definition) is 1. The van der Waals surface area contributed by atoms with Crippen LogP contribution in [0.15, 0.2) is 0 Å². The van der Waals surface area contributed by atoms with Crippen molar-refractivity contribution in [1.82, 2.24) is 15.1 Å². The predicted octanol–water partition coefficient (Wildman–Crippen LogP) is 1.01. The van der Waals surface area contributed by atoms with Gasteiger partial charge in [0.2, 0.25) is 5.91 Å². The molecule has 1 atom stereocenters. The number of nitrogens with one attached hydrogen (secondary N) is 1. The fourth-order valence-corrected chi connectivity index (χ4v) is 3.35. The summed E-state index contributed by atoms with van der Waals surface area (Å²) in [7, 11) is 3.82. The number of ether oxygens (including phenoxy) is 1. The van der Waals surface area contributed by atoms with Crippen molar-refractivity contribution in [3.05, 3.63) is 0 Å². The summed E-state index contributed by atoms with van der Waals surface area (Å²) in [5, 5.41) is 3.34. The molecule has 0 aliphatic carbocycles. The molecule has 126 valence electrons. The number of halogens is 2. The number of likely N-dealkylation sites (N-methyl/N-ethyl adjacent to an activating group) is 1. The highest BCUT2D eigenvalue weighted by atomic mass is 35.5. The van der Waals surface area contributed by atoms with Gasteiger partial charge in [0.15, 0.2) is 0 Å². The van der Waals surface area contributed by atoms with Crippen LogP contribution in [0.1, 0.15) is 19.8 Å². The van der Waals surface area contributed by atoms with E-state index in [1.54, 1.807) is 7.11 Å². The van der Waals surface area contributed by atoms with E-state index in [0.29, 0.717) is 18.6 Å². The first-order valence-corrected chi connectivity index (χ1v) is 7.28. The molecule has 0 spiro atoms. The van der Waals surface area contributed by atoms with Gasteiger partial charge in [-0.3, -0.25) is 4.79 Å². The number of carbonyl (C=O) groups is 1. The standard InChI is InChI=1S/C14H27N3O2.2ClH/c1-12-10-16(2)8-9-17(12)13(18)14(11-19-3)4-6-15-7-5-14;;/h12,15H,4-11H2,1-3H3;2*1H. The first-order chi connectivity index (χ1) is 9.09. The SMILES string of the molecule is COCC1(C(=O)N2CCN(C)CC2C)CCNCC1.Cl.Cl. The van der Waals surface area contributed by atoms with Crippen LogP contribution < -0.4 is 5.32 Å². The van der Waals surface area contributed by atoms with E-state index in [-0.39, 0.29) is 30.2 Å². The molecule has 2 aliphatic heterocycles. The Hall–Kier alpha value is -0.0700. The molecule has 2 rings (SSSR count). The zero-order valence-electron chi connectivity index (χ0n) is 13.3. The van der Waals surface area contributed by atoms with Gasteiger partial charge in [-0.25, -0.2) is 0 Å². The summed E-state index contributed by atoms with van der Waals surface area (Å²) in [6.45, 7) is 7.30. The molecule has 0 aromatic rings. The van der Waals surface area contributed by atoms with Crippen LogP contribution in [0.25, 0.3) is 0 Å². The van der Waals surface area contributed by atoms with E-state index < -0.39 is 0 Å². The summed E-state index contributed by atoms with van der Waals surface area (Å²) in [5.41, 5.74) is -0.301. The third kappa shape index (κ3) is 4.70. The van der Waals surface area contributed by atoms with E-state index in [1.165, 1.54) is 0 Å². The van der Waals surface area contributed by atoms with Gasteiger partial charge < -0.3 is 19.9 Å². The maximum atomic E-state index is 13.0. The van der Waals surface area contributed by atoms with Crippen LogP contribution in [0.3, 0.4) is 0 Å². The van der Waals surface area contributed by atoms with E-state index in [9.17, 15) is 4.79 Å². The van der Waals surface area contributed by atoms with Crippen LogP contribution in [-0.2, 0) is 9.53 Å². The second kappa shape index (κ2) is 9.16. The zero-order valence-corrected chi connectivity index (χ0v) is 14.9. The van der Waals surface area contributed by atoms with Crippen LogP contribution in [0.4, 0.5) is 0 Å². The summed E-state index contributed by atoms with van der Waals surface area (Å²) < 4.78 is 5.37. The molecule has 2 fully saturated rings. The summed E-state index contributed by atoms with van der Waals surface area (Å²) in [5.74, 6) is 0.302. The number of amides is 1. The number of nitrogens with zero attached hydrogens (tertiary/aromatic N) is 2. The van der Waals surface area contributed by atoms with E-state index in [0.717, 1.165) is 45.6 Å². The molecular formula is C14H29Cl2N3O2. The average molecular weight is 342 g/mol. The third-order valence-corrected chi connectivity index (χ3v) is 4.53. The van der Waals surface area contributed by atoms with Crippen molar-refractivity contribution in [2.45, 2.75) is 25.8 Å². The molecule has 5 nitrogen and oxygen atoms in total. The zero-order chi connectivity index (χ0) is 13.9. The molecular weight excluding hydrogens is 313 g/mol.